The lowest BCUT2D eigenvalue weighted by molar-refractivity contribution is 0.862. The van der Waals surface area contributed by atoms with Crippen molar-refractivity contribution in [3.63, 3.8) is 0 Å². The first-order chi connectivity index (χ1) is 8.79. The van der Waals surface area contributed by atoms with Gasteiger partial charge in [-0.1, -0.05) is 18.2 Å². The van der Waals surface area contributed by atoms with Crippen molar-refractivity contribution in [1.29, 1.82) is 0 Å². The van der Waals surface area contributed by atoms with Crippen molar-refractivity contribution in [3.05, 3.63) is 53.9 Å². The van der Waals surface area contributed by atoms with Gasteiger partial charge in [-0.15, -0.1) is 11.6 Å². The molecule has 3 rings (SSSR count). The molecule has 0 aliphatic rings. The Morgan fingerprint density at radius 2 is 2.06 bits per heavy atom. The second kappa shape index (κ2) is 4.42. The van der Waals surface area contributed by atoms with E-state index in [9.17, 15) is 0 Å². The van der Waals surface area contributed by atoms with Crippen molar-refractivity contribution < 1.29 is 0 Å². The average Bonchev–Trinajstić information content (AvgIpc) is 2.82. The zero-order valence-electron chi connectivity index (χ0n) is 9.97. The Bertz CT molecular complexity index is 703. The fraction of sp³-hybridized carbons (Fsp3) is 0.143. The summed E-state index contributed by atoms with van der Waals surface area (Å²) in [7, 11) is 0. The molecule has 1 aromatic carbocycles. The number of nitrogens with zero attached hydrogens (tertiary/aromatic N) is 3. The molecule has 0 atom stereocenters. The topological polar surface area (TPSA) is 30.7 Å². The normalized spacial score (nSPS) is 11.0. The third-order valence-electron chi connectivity index (χ3n) is 2.94. The van der Waals surface area contributed by atoms with Crippen LogP contribution in [0, 0.1) is 6.92 Å². The zero-order chi connectivity index (χ0) is 12.5. The molecule has 0 spiro atoms. The number of hydrogen-bond acceptors (Lipinski definition) is 2. The third kappa shape index (κ3) is 1.77. The molecule has 2 aromatic heterocycles. The molecule has 18 heavy (non-hydrogen) atoms. The van der Waals surface area contributed by atoms with Gasteiger partial charge in [-0.2, -0.15) is 5.10 Å². The lowest BCUT2D eigenvalue weighted by Crippen LogP contribution is -2.02. The van der Waals surface area contributed by atoms with Crippen LogP contribution in [0.25, 0.3) is 16.7 Å². The molecule has 0 aliphatic carbocycles. The molecule has 0 amide bonds. The molecule has 4 heteroatoms. The van der Waals surface area contributed by atoms with Crippen LogP contribution in [-0.2, 0) is 5.88 Å². The number of para-hydroxylation sites is 1. The van der Waals surface area contributed by atoms with E-state index >= 15 is 0 Å². The predicted molar refractivity (Wildman–Crippen MR) is 73.2 cm³/mol. The Kier molecular flexibility index (Phi) is 2.76. The average molecular weight is 258 g/mol. The number of rotatable bonds is 2. The molecule has 90 valence electrons. The minimum absolute atomic E-state index is 0.480. The molecule has 0 fully saturated rings. The van der Waals surface area contributed by atoms with E-state index in [0.29, 0.717) is 5.88 Å². The summed E-state index contributed by atoms with van der Waals surface area (Å²) in [5.41, 5.74) is 3.16. The van der Waals surface area contributed by atoms with E-state index in [-0.39, 0.29) is 0 Å². The number of pyridine rings is 1. The van der Waals surface area contributed by atoms with Crippen molar-refractivity contribution in [2.45, 2.75) is 12.8 Å². The monoisotopic (exact) mass is 257 g/mol. The van der Waals surface area contributed by atoms with Crippen molar-refractivity contribution in [3.8, 4) is 5.82 Å². The molecule has 0 bridgehead atoms. The fourth-order valence-electron chi connectivity index (χ4n) is 2.06. The first-order valence-electron chi connectivity index (χ1n) is 5.74. The lowest BCUT2D eigenvalue weighted by Gasteiger charge is -2.07. The number of hydrogen-bond donors (Lipinski definition) is 0. The minimum atomic E-state index is 0.480. The lowest BCUT2D eigenvalue weighted by atomic mass is 10.2. The third-order valence-corrected chi connectivity index (χ3v) is 3.25. The summed E-state index contributed by atoms with van der Waals surface area (Å²) in [6.45, 7) is 2.02. The molecule has 0 saturated heterocycles. The molecular weight excluding hydrogens is 246 g/mol. The molecule has 3 aromatic rings. The Morgan fingerprint density at radius 1 is 1.22 bits per heavy atom. The van der Waals surface area contributed by atoms with Gasteiger partial charge in [0.15, 0.2) is 5.82 Å². The molecule has 2 heterocycles. The van der Waals surface area contributed by atoms with Crippen LogP contribution < -0.4 is 0 Å². The number of fused-ring (bicyclic) bond motifs is 1. The predicted octanol–water partition coefficient (Wildman–Crippen LogP) is 3.47. The molecule has 0 radical (unpaired) electrons. The summed E-state index contributed by atoms with van der Waals surface area (Å²) >= 11 is 5.81. The van der Waals surface area contributed by atoms with Crippen LogP contribution in [0.1, 0.15) is 11.1 Å². The van der Waals surface area contributed by atoms with Gasteiger partial charge in [0.25, 0.3) is 0 Å². The Labute approximate surface area is 110 Å². The summed E-state index contributed by atoms with van der Waals surface area (Å²) < 4.78 is 1.86. The summed E-state index contributed by atoms with van der Waals surface area (Å²) in [6.07, 6.45) is 3.65. The molecule has 0 unspecified atom stereocenters. The maximum absolute atomic E-state index is 5.81. The highest BCUT2D eigenvalue weighted by Gasteiger charge is 2.08. The highest BCUT2D eigenvalue weighted by Crippen LogP contribution is 2.19. The highest BCUT2D eigenvalue weighted by atomic mass is 35.5. The minimum Gasteiger partial charge on any atom is -0.237 e. The van der Waals surface area contributed by atoms with Crippen molar-refractivity contribution in [2.24, 2.45) is 0 Å². The van der Waals surface area contributed by atoms with Crippen LogP contribution in [-0.4, -0.2) is 14.8 Å². The van der Waals surface area contributed by atoms with Gasteiger partial charge in [0.05, 0.1) is 11.7 Å². The Hall–Kier alpha value is -1.87. The van der Waals surface area contributed by atoms with Crippen molar-refractivity contribution in [1.82, 2.24) is 14.8 Å². The zero-order valence-corrected chi connectivity index (χ0v) is 10.7. The van der Waals surface area contributed by atoms with Crippen LogP contribution in [0.2, 0.25) is 0 Å². The Morgan fingerprint density at radius 3 is 2.83 bits per heavy atom. The van der Waals surface area contributed by atoms with Crippen LogP contribution >= 0.6 is 11.6 Å². The molecule has 0 N–H and O–H groups in total. The molecule has 0 saturated carbocycles. The number of aryl methyl sites for hydroxylation is 1. The van der Waals surface area contributed by atoms with E-state index in [4.69, 9.17) is 11.6 Å². The summed E-state index contributed by atoms with van der Waals surface area (Å²) in [4.78, 5) is 4.46. The largest absolute Gasteiger partial charge is 0.237 e. The SMILES string of the molecule is Cc1cc(CCl)cnc1-n1ncc2ccccc21. The van der Waals surface area contributed by atoms with Crippen LogP contribution in [0.5, 0.6) is 0 Å². The van der Waals surface area contributed by atoms with Gasteiger partial charge in [0.1, 0.15) is 0 Å². The van der Waals surface area contributed by atoms with Crippen LogP contribution in [0.15, 0.2) is 42.7 Å². The van der Waals surface area contributed by atoms with E-state index in [1.165, 1.54) is 0 Å². The van der Waals surface area contributed by atoms with Crippen molar-refractivity contribution >= 4 is 22.5 Å². The highest BCUT2D eigenvalue weighted by molar-refractivity contribution is 6.17. The second-order valence-electron chi connectivity index (χ2n) is 4.23. The Balaban J connectivity index is 2.20. The first kappa shape index (κ1) is 11.2. The maximum atomic E-state index is 5.81. The number of halogens is 1. The van der Waals surface area contributed by atoms with Gasteiger partial charge in [0.2, 0.25) is 0 Å². The fourth-order valence-corrected chi connectivity index (χ4v) is 2.21. The van der Waals surface area contributed by atoms with E-state index in [1.807, 2.05) is 48.1 Å². The van der Waals surface area contributed by atoms with E-state index in [2.05, 4.69) is 10.1 Å². The van der Waals surface area contributed by atoms with E-state index in [1.54, 1.807) is 6.20 Å². The van der Waals surface area contributed by atoms with Crippen LogP contribution in [0.4, 0.5) is 0 Å². The van der Waals surface area contributed by atoms with Gasteiger partial charge in [-0.25, -0.2) is 9.67 Å². The van der Waals surface area contributed by atoms with Gasteiger partial charge >= 0.3 is 0 Å². The number of alkyl halides is 1. The summed E-state index contributed by atoms with van der Waals surface area (Å²) in [5, 5.41) is 5.51. The number of aromatic nitrogens is 3. The summed E-state index contributed by atoms with van der Waals surface area (Å²) in [6, 6.07) is 10.1. The molecule has 3 nitrogen and oxygen atoms in total. The van der Waals surface area contributed by atoms with Gasteiger partial charge in [-0.05, 0) is 30.2 Å². The first-order valence-corrected chi connectivity index (χ1v) is 6.27. The smallest absolute Gasteiger partial charge is 0.156 e. The van der Waals surface area contributed by atoms with Gasteiger partial charge in [-0.3, -0.25) is 0 Å². The quantitative estimate of drug-likeness (QED) is 0.658. The van der Waals surface area contributed by atoms with E-state index in [0.717, 1.165) is 27.8 Å². The standard InChI is InChI=1S/C14H12ClN3/c1-10-6-11(7-15)8-16-14(10)18-13-5-3-2-4-12(13)9-17-18/h2-6,8-9H,7H2,1H3. The summed E-state index contributed by atoms with van der Waals surface area (Å²) in [5.74, 6) is 1.33. The maximum Gasteiger partial charge on any atom is 0.156 e. The van der Waals surface area contributed by atoms with Gasteiger partial charge in [0, 0.05) is 17.5 Å². The molecule has 0 aliphatic heterocycles. The van der Waals surface area contributed by atoms with Crippen molar-refractivity contribution in [2.75, 3.05) is 0 Å². The van der Waals surface area contributed by atoms with E-state index < -0.39 is 0 Å². The molecular formula is C14H12ClN3. The number of benzene rings is 1. The van der Waals surface area contributed by atoms with Crippen LogP contribution in [0.3, 0.4) is 0 Å². The van der Waals surface area contributed by atoms with Gasteiger partial charge < -0.3 is 0 Å². The second-order valence-corrected chi connectivity index (χ2v) is 4.50.